The van der Waals surface area contributed by atoms with Crippen LogP contribution < -0.4 is 0 Å². The van der Waals surface area contributed by atoms with Crippen molar-refractivity contribution in [2.24, 2.45) is 5.92 Å². The Hall–Kier alpha value is -1.23. The number of aromatic nitrogens is 2. The van der Waals surface area contributed by atoms with Crippen LogP contribution >= 0.6 is 0 Å². The molecule has 1 saturated carbocycles. The Labute approximate surface area is 120 Å². The summed E-state index contributed by atoms with van der Waals surface area (Å²) in [4.78, 5) is 15.9. The van der Waals surface area contributed by atoms with Crippen molar-refractivity contribution >= 4 is 5.78 Å². The fourth-order valence-electron chi connectivity index (χ4n) is 2.95. The summed E-state index contributed by atoms with van der Waals surface area (Å²) in [6, 6.07) is 0. The molecular formula is C15H24N2O3. The second kappa shape index (κ2) is 6.04. The van der Waals surface area contributed by atoms with E-state index in [4.69, 9.17) is 9.26 Å². The van der Waals surface area contributed by atoms with Gasteiger partial charge in [-0.25, -0.2) is 0 Å². The van der Waals surface area contributed by atoms with E-state index in [1.165, 1.54) is 13.3 Å². The third kappa shape index (κ3) is 2.92. The van der Waals surface area contributed by atoms with Crippen LogP contribution in [0.15, 0.2) is 4.52 Å². The Kier molecular flexibility index (Phi) is 4.58. The number of Topliss-reactive ketones (excluding diaryl/α,β-unsaturated/α-hetero) is 1. The second-order valence-electron chi connectivity index (χ2n) is 5.92. The number of hydrogen-bond donors (Lipinski definition) is 0. The van der Waals surface area contributed by atoms with Crippen LogP contribution in [0.25, 0.3) is 0 Å². The molecule has 5 heteroatoms. The third-order valence-corrected chi connectivity index (χ3v) is 4.21. The molecule has 0 bridgehead atoms. The van der Waals surface area contributed by atoms with E-state index < -0.39 is 5.60 Å². The monoisotopic (exact) mass is 280 g/mol. The lowest BCUT2D eigenvalue weighted by Crippen LogP contribution is -2.36. The molecule has 3 unspecified atom stereocenters. The molecule has 2 rings (SSSR count). The minimum absolute atomic E-state index is 0.0303. The molecule has 0 amide bonds. The summed E-state index contributed by atoms with van der Waals surface area (Å²) >= 11 is 0. The summed E-state index contributed by atoms with van der Waals surface area (Å²) in [5.41, 5.74) is -0.440. The van der Waals surface area contributed by atoms with Gasteiger partial charge in [0.25, 0.3) is 0 Å². The van der Waals surface area contributed by atoms with Crippen LogP contribution in [0.2, 0.25) is 0 Å². The lowest BCUT2D eigenvalue weighted by atomic mass is 9.78. The second-order valence-corrected chi connectivity index (χ2v) is 5.92. The van der Waals surface area contributed by atoms with E-state index in [2.05, 4.69) is 17.1 Å². The number of nitrogens with zero attached hydrogens (tertiary/aromatic N) is 2. The average Bonchev–Trinajstić information content (AvgIpc) is 2.88. The highest BCUT2D eigenvalue weighted by Gasteiger charge is 2.41. The zero-order valence-corrected chi connectivity index (χ0v) is 12.8. The van der Waals surface area contributed by atoms with E-state index >= 15 is 0 Å². The molecule has 1 aromatic rings. The minimum atomic E-state index is -0.440. The van der Waals surface area contributed by atoms with E-state index in [-0.39, 0.29) is 11.7 Å². The van der Waals surface area contributed by atoms with Crippen molar-refractivity contribution in [1.82, 2.24) is 10.1 Å². The van der Waals surface area contributed by atoms with E-state index in [0.717, 1.165) is 19.3 Å². The summed E-state index contributed by atoms with van der Waals surface area (Å²) in [6.07, 6.45) is 4.14. The molecule has 0 aliphatic heterocycles. The van der Waals surface area contributed by atoms with Crippen molar-refractivity contribution < 1.29 is 14.1 Å². The number of carbonyl (C=O) groups is 1. The predicted molar refractivity (Wildman–Crippen MR) is 74.3 cm³/mol. The number of hydrogen-bond acceptors (Lipinski definition) is 5. The van der Waals surface area contributed by atoms with Crippen LogP contribution in [0.4, 0.5) is 0 Å². The molecule has 1 heterocycles. The van der Waals surface area contributed by atoms with Gasteiger partial charge in [0.15, 0.2) is 0 Å². The first-order valence-corrected chi connectivity index (χ1v) is 7.47. The van der Waals surface area contributed by atoms with Gasteiger partial charge in [-0.1, -0.05) is 18.5 Å². The summed E-state index contributed by atoms with van der Waals surface area (Å²) in [6.45, 7) is 8.16. The molecular weight excluding hydrogens is 256 g/mol. The van der Waals surface area contributed by atoms with Crippen LogP contribution in [0.5, 0.6) is 0 Å². The topological polar surface area (TPSA) is 65.2 Å². The van der Waals surface area contributed by atoms with Crippen molar-refractivity contribution in [2.45, 2.75) is 64.9 Å². The summed E-state index contributed by atoms with van der Waals surface area (Å²) < 4.78 is 11.3. The Balaban J connectivity index is 2.28. The van der Waals surface area contributed by atoms with Gasteiger partial charge in [0, 0.05) is 6.61 Å². The summed E-state index contributed by atoms with van der Waals surface area (Å²) in [5, 5.41) is 4.11. The van der Waals surface area contributed by atoms with Crippen molar-refractivity contribution in [3.05, 3.63) is 11.7 Å². The van der Waals surface area contributed by atoms with Crippen LogP contribution in [-0.4, -0.2) is 22.5 Å². The highest BCUT2D eigenvalue weighted by molar-refractivity contribution is 5.81. The summed E-state index contributed by atoms with van der Waals surface area (Å²) in [7, 11) is 0. The molecule has 0 radical (unpaired) electrons. The van der Waals surface area contributed by atoms with Gasteiger partial charge in [0.05, 0.1) is 5.92 Å². The van der Waals surface area contributed by atoms with Gasteiger partial charge < -0.3 is 9.26 Å². The first-order valence-electron chi connectivity index (χ1n) is 7.47. The highest BCUT2D eigenvalue weighted by atomic mass is 16.5. The molecule has 1 aromatic heterocycles. The van der Waals surface area contributed by atoms with Gasteiger partial charge in [-0.05, 0) is 46.0 Å². The van der Waals surface area contributed by atoms with Crippen LogP contribution in [0, 0.1) is 5.92 Å². The molecule has 3 atom stereocenters. The van der Waals surface area contributed by atoms with Crippen LogP contribution in [0.1, 0.15) is 71.0 Å². The van der Waals surface area contributed by atoms with Gasteiger partial charge in [0.2, 0.25) is 11.7 Å². The molecule has 0 spiro atoms. The minimum Gasteiger partial charge on any atom is -0.367 e. The van der Waals surface area contributed by atoms with E-state index in [1.807, 2.05) is 6.92 Å². The first kappa shape index (κ1) is 15.2. The van der Waals surface area contributed by atoms with E-state index in [9.17, 15) is 4.79 Å². The fourth-order valence-corrected chi connectivity index (χ4v) is 2.95. The Morgan fingerprint density at radius 1 is 1.60 bits per heavy atom. The van der Waals surface area contributed by atoms with Gasteiger partial charge in [-0.2, -0.15) is 4.98 Å². The first-order chi connectivity index (χ1) is 9.48. The molecule has 20 heavy (non-hydrogen) atoms. The molecule has 112 valence electrons. The molecule has 0 N–H and O–H groups in total. The lowest BCUT2D eigenvalue weighted by molar-refractivity contribution is -0.118. The summed E-state index contributed by atoms with van der Waals surface area (Å²) in [5.74, 6) is 1.26. The van der Waals surface area contributed by atoms with Crippen molar-refractivity contribution in [3.63, 3.8) is 0 Å². The highest BCUT2D eigenvalue weighted by Crippen LogP contribution is 2.41. The zero-order valence-electron chi connectivity index (χ0n) is 12.8. The average molecular weight is 280 g/mol. The van der Waals surface area contributed by atoms with E-state index in [1.54, 1.807) is 6.92 Å². The number of carbonyl (C=O) groups excluding carboxylic acids is 1. The number of ketones is 1. The predicted octanol–water partition coefficient (Wildman–Crippen LogP) is 3.20. The van der Waals surface area contributed by atoms with Crippen molar-refractivity contribution in [3.8, 4) is 0 Å². The van der Waals surface area contributed by atoms with Crippen molar-refractivity contribution in [1.29, 1.82) is 0 Å². The van der Waals surface area contributed by atoms with Gasteiger partial charge >= 0.3 is 0 Å². The smallest absolute Gasteiger partial charge is 0.237 e. The lowest BCUT2D eigenvalue weighted by Gasteiger charge is -2.37. The largest absolute Gasteiger partial charge is 0.367 e. The Morgan fingerprint density at radius 3 is 2.95 bits per heavy atom. The van der Waals surface area contributed by atoms with Crippen molar-refractivity contribution in [2.75, 3.05) is 6.61 Å². The van der Waals surface area contributed by atoms with Gasteiger partial charge in [0.1, 0.15) is 11.4 Å². The maximum atomic E-state index is 11.4. The molecule has 0 saturated heterocycles. The Morgan fingerprint density at radius 2 is 2.35 bits per heavy atom. The van der Waals surface area contributed by atoms with Crippen LogP contribution in [0.3, 0.4) is 0 Å². The maximum absolute atomic E-state index is 11.4. The van der Waals surface area contributed by atoms with Gasteiger partial charge in [-0.3, -0.25) is 4.79 Å². The number of ether oxygens (including phenoxy) is 1. The molecule has 5 nitrogen and oxygen atoms in total. The molecule has 1 aliphatic rings. The maximum Gasteiger partial charge on any atom is 0.237 e. The molecule has 1 aliphatic carbocycles. The van der Waals surface area contributed by atoms with E-state index in [0.29, 0.717) is 24.2 Å². The normalized spacial score (nSPS) is 28.3. The quantitative estimate of drug-likeness (QED) is 0.828. The number of rotatable bonds is 5. The fraction of sp³-hybridized carbons (Fsp3) is 0.800. The third-order valence-electron chi connectivity index (χ3n) is 4.21. The van der Waals surface area contributed by atoms with Gasteiger partial charge in [-0.15, -0.1) is 0 Å². The zero-order chi connectivity index (χ0) is 14.8. The van der Waals surface area contributed by atoms with Crippen LogP contribution in [-0.2, 0) is 15.1 Å². The standard InChI is InChI=1S/C15H24N2O3/c1-5-19-15(8-6-7-10(2)9-15)14-16-13(20-17-14)11(3)12(4)18/h10-11H,5-9H2,1-4H3. The SMILES string of the molecule is CCOC1(c2noc(C(C)C(C)=O)n2)CCCC(C)C1. The molecule has 0 aromatic carbocycles. The Bertz CT molecular complexity index is 467. The molecule has 1 fully saturated rings.